The Morgan fingerprint density at radius 3 is 2.29 bits per heavy atom. The molecule has 1 rings (SSSR count). The molecule has 0 radical (unpaired) electrons. The molecule has 5 nitrogen and oxygen atoms in total. The summed E-state index contributed by atoms with van der Waals surface area (Å²) in [6.45, 7) is 5.77. The van der Waals surface area contributed by atoms with E-state index in [1.54, 1.807) is 20.8 Å². The Balaban J connectivity index is 2.38. The minimum atomic E-state index is -0.810. The summed E-state index contributed by atoms with van der Waals surface area (Å²) in [6, 6.07) is 0. The van der Waals surface area contributed by atoms with E-state index in [2.05, 4.69) is 5.32 Å². The van der Waals surface area contributed by atoms with Crippen LogP contribution in [-0.4, -0.2) is 29.3 Å². The van der Waals surface area contributed by atoms with Crippen molar-refractivity contribution in [3.8, 4) is 0 Å². The second kappa shape index (κ2) is 4.94. The first-order valence-electron chi connectivity index (χ1n) is 5.91. The molecule has 98 valence electrons. The van der Waals surface area contributed by atoms with Crippen LogP contribution in [0.3, 0.4) is 0 Å². The van der Waals surface area contributed by atoms with Crippen molar-refractivity contribution >= 4 is 12.1 Å². The number of hydrogen-bond donors (Lipinski definition) is 2. The van der Waals surface area contributed by atoms with Crippen molar-refractivity contribution in [3.63, 3.8) is 0 Å². The highest BCUT2D eigenvalue weighted by Gasteiger charge is 2.39. The molecule has 0 atom stereocenters. The highest BCUT2D eigenvalue weighted by atomic mass is 16.6. The van der Waals surface area contributed by atoms with Gasteiger partial charge >= 0.3 is 12.1 Å². The normalized spacial score (nSPS) is 18.1. The minimum Gasteiger partial charge on any atom is -0.481 e. The first kappa shape index (κ1) is 13.8. The predicted molar refractivity (Wildman–Crippen MR) is 62.8 cm³/mol. The monoisotopic (exact) mass is 243 g/mol. The van der Waals surface area contributed by atoms with Gasteiger partial charge in [0.15, 0.2) is 0 Å². The zero-order valence-corrected chi connectivity index (χ0v) is 10.7. The zero-order chi connectivity index (χ0) is 13.1. The van der Waals surface area contributed by atoms with Crippen molar-refractivity contribution in [2.45, 2.75) is 52.1 Å². The van der Waals surface area contributed by atoms with Gasteiger partial charge in [-0.3, -0.25) is 4.79 Å². The molecular weight excluding hydrogens is 222 g/mol. The van der Waals surface area contributed by atoms with Crippen LogP contribution < -0.4 is 5.32 Å². The quantitative estimate of drug-likeness (QED) is 0.793. The average molecular weight is 243 g/mol. The van der Waals surface area contributed by atoms with Crippen LogP contribution in [-0.2, 0) is 9.53 Å². The van der Waals surface area contributed by atoms with Gasteiger partial charge in [0.05, 0.1) is 6.42 Å². The molecule has 17 heavy (non-hydrogen) atoms. The molecule has 0 unspecified atom stereocenters. The number of nitrogens with one attached hydrogen (secondary N) is 1. The fourth-order valence-corrected chi connectivity index (χ4v) is 1.99. The number of carboxylic acids is 1. The van der Waals surface area contributed by atoms with E-state index in [1.165, 1.54) is 0 Å². The van der Waals surface area contributed by atoms with Crippen LogP contribution in [0.2, 0.25) is 0 Å². The molecule has 5 heteroatoms. The summed E-state index contributed by atoms with van der Waals surface area (Å²) < 4.78 is 5.11. The van der Waals surface area contributed by atoms with Gasteiger partial charge in [0.25, 0.3) is 0 Å². The Bertz CT molecular complexity index is 302. The number of hydrogen-bond acceptors (Lipinski definition) is 3. The molecule has 1 amide bonds. The number of ether oxygens (including phenoxy) is 1. The summed E-state index contributed by atoms with van der Waals surface area (Å²) in [5, 5.41) is 11.5. The number of carbonyl (C=O) groups is 2. The Morgan fingerprint density at radius 1 is 1.35 bits per heavy atom. The van der Waals surface area contributed by atoms with E-state index < -0.39 is 17.7 Å². The van der Waals surface area contributed by atoms with E-state index in [-0.39, 0.29) is 11.8 Å². The molecule has 0 heterocycles. The smallest absolute Gasteiger partial charge is 0.407 e. The number of rotatable bonds is 4. The van der Waals surface area contributed by atoms with Gasteiger partial charge in [-0.05, 0) is 39.0 Å². The van der Waals surface area contributed by atoms with Crippen molar-refractivity contribution in [2.75, 3.05) is 6.54 Å². The van der Waals surface area contributed by atoms with E-state index in [0.29, 0.717) is 6.54 Å². The van der Waals surface area contributed by atoms with Crippen LogP contribution in [0.5, 0.6) is 0 Å². The summed E-state index contributed by atoms with van der Waals surface area (Å²) in [5.41, 5.74) is -0.785. The van der Waals surface area contributed by atoms with Gasteiger partial charge in [-0.2, -0.15) is 0 Å². The largest absolute Gasteiger partial charge is 0.481 e. The molecule has 0 aliphatic heterocycles. The molecular formula is C12H21NO4. The third-order valence-corrected chi connectivity index (χ3v) is 2.95. The van der Waals surface area contributed by atoms with Crippen LogP contribution >= 0.6 is 0 Å². The molecule has 1 aliphatic carbocycles. The van der Waals surface area contributed by atoms with Gasteiger partial charge in [-0.25, -0.2) is 4.79 Å². The third-order valence-electron chi connectivity index (χ3n) is 2.95. The van der Waals surface area contributed by atoms with E-state index in [0.717, 1.165) is 19.3 Å². The molecule has 2 N–H and O–H groups in total. The van der Waals surface area contributed by atoms with Gasteiger partial charge < -0.3 is 15.2 Å². The molecule has 0 aromatic rings. The fourth-order valence-electron chi connectivity index (χ4n) is 1.99. The van der Waals surface area contributed by atoms with Gasteiger partial charge in [-0.1, -0.05) is 6.42 Å². The highest BCUT2D eigenvalue weighted by molar-refractivity contribution is 5.69. The van der Waals surface area contributed by atoms with Crippen LogP contribution in [0, 0.1) is 5.41 Å². The lowest BCUT2D eigenvalue weighted by molar-refractivity contribution is -0.141. The van der Waals surface area contributed by atoms with E-state index in [4.69, 9.17) is 9.84 Å². The lowest BCUT2D eigenvalue weighted by atomic mass is 9.66. The first-order valence-corrected chi connectivity index (χ1v) is 5.91. The van der Waals surface area contributed by atoms with E-state index in [1.807, 2.05) is 0 Å². The Kier molecular flexibility index (Phi) is 4.01. The maximum Gasteiger partial charge on any atom is 0.407 e. The second-order valence-corrected chi connectivity index (χ2v) is 5.78. The SMILES string of the molecule is CC(C)(C)OC(=O)NCC1(CC(=O)O)CCC1. The molecule has 0 aromatic heterocycles. The van der Waals surface area contributed by atoms with Crippen LogP contribution in [0.1, 0.15) is 46.5 Å². The maximum absolute atomic E-state index is 11.5. The lowest BCUT2D eigenvalue weighted by Crippen LogP contribution is -2.44. The molecule has 0 bridgehead atoms. The molecule has 0 spiro atoms. The maximum atomic E-state index is 11.5. The number of carboxylic acid groups (broad SMARTS) is 1. The highest BCUT2D eigenvalue weighted by Crippen LogP contribution is 2.43. The van der Waals surface area contributed by atoms with Crippen LogP contribution in [0.4, 0.5) is 4.79 Å². The fraction of sp³-hybridized carbons (Fsp3) is 0.833. The molecule has 0 saturated heterocycles. The minimum absolute atomic E-state index is 0.114. The summed E-state index contributed by atoms with van der Waals surface area (Å²) in [6.07, 6.45) is 2.38. The first-order chi connectivity index (χ1) is 7.72. The molecule has 1 aliphatic rings. The summed E-state index contributed by atoms with van der Waals surface area (Å²) in [5.74, 6) is -0.810. The Hall–Kier alpha value is -1.26. The van der Waals surface area contributed by atoms with Gasteiger partial charge in [0.1, 0.15) is 5.60 Å². The van der Waals surface area contributed by atoms with Crippen LogP contribution in [0.15, 0.2) is 0 Å². The van der Waals surface area contributed by atoms with Crippen molar-refractivity contribution in [1.82, 2.24) is 5.32 Å². The number of alkyl carbamates (subject to hydrolysis) is 1. The lowest BCUT2D eigenvalue weighted by Gasteiger charge is -2.40. The van der Waals surface area contributed by atoms with Crippen molar-refractivity contribution in [2.24, 2.45) is 5.41 Å². The van der Waals surface area contributed by atoms with Gasteiger partial charge in [0.2, 0.25) is 0 Å². The number of aliphatic carboxylic acids is 1. The molecule has 1 fully saturated rings. The number of amides is 1. The van der Waals surface area contributed by atoms with E-state index >= 15 is 0 Å². The predicted octanol–water partition coefficient (Wildman–Crippen LogP) is 2.16. The summed E-state index contributed by atoms with van der Waals surface area (Å²) >= 11 is 0. The second-order valence-electron chi connectivity index (χ2n) is 5.78. The van der Waals surface area contributed by atoms with E-state index in [9.17, 15) is 9.59 Å². The topological polar surface area (TPSA) is 75.6 Å². The zero-order valence-electron chi connectivity index (χ0n) is 10.7. The van der Waals surface area contributed by atoms with Crippen molar-refractivity contribution in [3.05, 3.63) is 0 Å². The average Bonchev–Trinajstić information content (AvgIpc) is 2.05. The standard InChI is InChI=1S/C12H21NO4/c1-11(2,3)17-10(16)13-8-12(5-4-6-12)7-9(14)15/h4-8H2,1-3H3,(H,13,16)(H,14,15). The molecule has 1 saturated carbocycles. The van der Waals surface area contributed by atoms with Crippen molar-refractivity contribution in [1.29, 1.82) is 0 Å². The van der Waals surface area contributed by atoms with Gasteiger partial charge in [-0.15, -0.1) is 0 Å². The summed E-state index contributed by atoms with van der Waals surface area (Å²) in [4.78, 5) is 22.2. The van der Waals surface area contributed by atoms with Crippen molar-refractivity contribution < 1.29 is 19.4 Å². The Morgan fingerprint density at radius 2 is 1.94 bits per heavy atom. The number of carbonyl (C=O) groups excluding carboxylic acids is 1. The Labute approximate surface area is 102 Å². The summed E-state index contributed by atoms with van der Waals surface area (Å²) in [7, 11) is 0. The van der Waals surface area contributed by atoms with Gasteiger partial charge in [0, 0.05) is 6.54 Å². The third kappa shape index (κ3) is 4.63. The molecule has 0 aromatic carbocycles. The van der Waals surface area contributed by atoms with Crippen LogP contribution in [0.25, 0.3) is 0 Å².